The van der Waals surface area contributed by atoms with Crippen LogP contribution in [0.25, 0.3) is 0 Å². The summed E-state index contributed by atoms with van der Waals surface area (Å²) in [4.78, 5) is 30.4. The molecule has 2 fully saturated rings. The van der Waals surface area contributed by atoms with Crippen LogP contribution in [0.4, 0.5) is 0 Å². The molecule has 0 saturated carbocycles. The lowest BCUT2D eigenvalue weighted by Gasteiger charge is -2.40. The van der Waals surface area contributed by atoms with Crippen LogP contribution in [0.1, 0.15) is 32.7 Å². The molecule has 2 saturated heterocycles. The van der Waals surface area contributed by atoms with Gasteiger partial charge in [-0.05, 0) is 32.0 Å². The summed E-state index contributed by atoms with van der Waals surface area (Å²) in [5.41, 5.74) is 1.23. The second-order valence-electron chi connectivity index (χ2n) is 8.16. The number of fused-ring (bicyclic) bond motifs is 1. The number of nitrogens with zero attached hydrogens (tertiary/aromatic N) is 2. The van der Waals surface area contributed by atoms with E-state index >= 15 is 0 Å². The van der Waals surface area contributed by atoms with Crippen molar-refractivity contribution in [3.8, 4) is 0 Å². The molecule has 2 aliphatic heterocycles. The van der Waals surface area contributed by atoms with Crippen molar-refractivity contribution in [2.75, 3.05) is 39.8 Å². The van der Waals surface area contributed by atoms with Crippen molar-refractivity contribution in [3.63, 3.8) is 0 Å². The summed E-state index contributed by atoms with van der Waals surface area (Å²) in [6.07, 6.45) is 0.888. The van der Waals surface area contributed by atoms with Gasteiger partial charge in [-0.2, -0.15) is 0 Å². The molecule has 5 nitrogen and oxygen atoms in total. The maximum atomic E-state index is 13.4. The highest BCUT2D eigenvalue weighted by Gasteiger charge is 2.50. The van der Waals surface area contributed by atoms with Gasteiger partial charge >= 0.3 is 0 Å². The smallest absolute Gasteiger partial charge is 0.254 e. The van der Waals surface area contributed by atoms with Crippen LogP contribution in [0.5, 0.6) is 0 Å². The van der Waals surface area contributed by atoms with Crippen molar-refractivity contribution < 1.29 is 14.7 Å². The van der Waals surface area contributed by atoms with Crippen molar-refractivity contribution in [2.45, 2.75) is 6.42 Å². The molecule has 0 radical (unpaired) electrons. The zero-order chi connectivity index (χ0) is 19.7. The first-order valence-electron chi connectivity index (χ1n) is 9.81. The zero-order valence-corrected chi connectivity index (χ0v) is 16.2. The van der Waals surface area contributed by atoms with E-state index in [1.54, 1.807) is 36.4 Å². The van der Waals surface area contributed by atoms with Crippen molar-refractivity contribution in [1.29, 1.82) is 0 Å². The number of aliphatic hydroxyl groups excluding tert-OH is 1. The molecule has 0 aliphatic carbocycles. The number of likely N-dealkylation sites (tertiary alicyclic amines) is 2. The van der Waals surface area contributed by atoms with Crippen LogP contribution in [-0.4, -0.2) is 66.4 Å². The summed E-state index contributed by atoms with van der Waals surface area (Å²) < 4.78 is 0. The molecular weight excluding hydrogens is 352 g/mol. The molecule has 2 heterocycles. The Morgan fingerprint density at radius 3 is 2.43 bits per heavy atom. The van der Waals surface area contributed by atoms with Gasteiger partial charge in [-0.15, -0.1) is 0 Å². The first kappa shape index (κ1) is 18.8. The Balaban J connectivity index is 1.62. The largest absolute Gasteiger partial charge is 0.396 e. The van der Waals surface area contributed by atoms with Gasteiger partial charge in [0, 0.05) is 36.2 Å². The second-order valence-corrected chi connectivity index (χ2v) is 8.16. The number of carbonyl (C=O) groups is 2. The summed E-state index contributed by atoms with van der Waals surface area (Å²) in [6, 6.07) is 16.1. The molecule has 2 atom stereocenters. The van der Waals surface area contributed by atoms with Crippen LogP contribution in [0.3, 0.4) is 0 Å². The highest BCUT2D eigenvalue weighted by atomic mass is 16.3. The lowest BCUT2D eigenvalue weighted by molar-refractivity contribution is 0.0277. The first-order chi connectivity index (χ1) is 13.5. The Kier molecular flexibility index (Phi) is 5.04. The number of rotatable bonds is 4. The van der Waals surface area contributed by atoms with Gasteiger partial charge < -0.3 is 14.9 Å². The lowest BCUT2D eigenvalue weighted by Crippen LogP contribution is -2.47. The van der Waals surface area contributed by atoms with Gasteiger partial charge in [0.05, 0.1) is 12.2 Å². The average Bonchev–Trinajstić information content (AvgIpc) is 3.12. The third-order valence-corrected chi connectivity index (χ3v) is 6.38. The number of hydrogen-bond donors (Lipinski definition) is 1. The van der Waals surface area contributed by atoms with Crippen molar-refractivity contribution in [2.24, 2.45) is 11.3 Å². The van der Waals surface area contributed by atoms with Crippen LogP contribution in [0.15, 0.2) is 54.6 Å². The molecule has 2 aliphatic rings. The summed E-state index contributed by atoms with van der Waals surface area (Å²) >= 11 is 0. The summed E-state index contributed by atoms with van der Waals surface area (Å²) in [5.74, 6) is -0.000264. The molecule has 5 heteroatoms. The summed E-state index contributed by atoms with van der Waals surface area (Å²) in [6.45, 7) is 3.09. The monoisotopic (exact) mass is 378 g/mol. The van der Waals surface area contributed by atoms with E-state index in [0.717, 1.165) is 19.5 Å². The van der Waals surface area contributed by atoms with Crippen molar-refractivity contribution in [3.05, 3.63) is 71.3 Å². The third-order valence-electron chi connectivity index (χ3n) is 6.38. The molecule has 28 heavy (non-hydrogen) atoms. The van der Waals surface area contributed by atoms with Crippen LogP contribution >= 0.6 is 0 Å². The number of carbonyl (C=O) groups excluding carboxylic acids is 2. The zero-order valence-electron chi connectivity index (χ0n) is 16.2. The fourth-order valence-corrected chi connectivity index (χ4v) is 4.64. The maximum Gasteiger partial charge on any atom is 0.254 e. The fourth-order valence-electron chi connectivity index (χ4n) is 4.64. The molecule has 0 unspecified atom stereocenters. The van der Waals surface area contributed by atoms with Gasteiger partial charge in [0.25, 0.3) is 5.91 Å². The quantitative estimate of drug-likeness (QED) is 0.830. The normalized spacial score (nSPS) is 24.8. The van der Waals surface area contributed by atoms with Crippen LogP contribution in [0, 0.1) is 11.3 Å². The van der Waals surface area contributed by atoms with Crippen LogP contribution in [-0.2, 0) is 0 Å². The van der Waals surface area contributed by atoms with E-state index in [-0.39, 0.29) is 29.6 Å². The van der Waals surface area contributed by atoms with E-state index in [4.69, 9.17) is 0 Å². The Hall–Kier alpha value is -2.50. The van der Waals surface area contributed by atoms with Gasteiger partial charge in [-0.25, -0.2) is 0 Å². The molecule has 0 aromatic heterocycles. The Labute approximate surface area is 165 Å². The number of aliphatic hydroxyl groups is 1. The average molecular weight is 378 g/mol. The highest BCUT2D eigenvalue weighted by molar-refractivity contribution is 6.15. The Morgan fingerprint density at radius 1 is 1.04 bits per heavy atom. The molecular formula is C23H26N2O3. The SMILES string of the molecule is CN1CC[C@@]2(CO)CN(C(=O)c3ccccc3C(=O)c3ccccc3)C[C@H]2C1. The van der Waals surface area contributed by atoms with E-state index in [1.807, 2.05) is 23.1 Å². The van der Waals surface area contributed by atoms with E-state index in [9.17, 15) is 14.7 Å². The van der Waals surface area contributed by atoms with Crippen LogP contribution < -0.4 is 0 Å². The predicted molar refractivity (Wildman–Crippen MR) is 107 cm³/mol. The van der Waals surface area contributed by atoms with Gasteiger partial charge in [-0.1, -0.05) is 48.5 Å². The number of ketones is 1. The Bertz CT molecular complexity index is 882. The summed E-state index contributed by atoms with van der Waals surface area (Å²) in [5, 5.41) is 10.1. The van der Waals surface area contributed by atoms with Gasteiger partial charge in [0.1, 0.15) is 0 Å². The Morgan fingerprint density at radius 2 is 1.71 bits per heavy atom. The van der Waals surface area contributed by atoms with E-state index in [2.05, 4.69) is 11.9 Å². The molecule has 1 amide bonds. The number of hydrogen-bond acceptors (Lipinski definition) is 4. The minimum atomic E-state index is -0.222. The molecule has 2 aromatic carbocycles. The summed E-state index contributed by atoms with van der Waals surface area (Å²) in [7, 11) is 2.08. The highest BCUT2D eigenvalue weighted by Crippen LogP contribution is 2.42. The predicted octanol–water partition coefficient (Wildman–Crippen LogP) is 2.30. The van der Waals surface area contributed by atoms with Gasteiger partial charge in [-0.3, -0.25) is 9.59 Å². The molecule has 2 aromatic rings. The molecule has 0 bridgehead atoms. The fraction of sp³-hybridized carbons (Fsp3) is 0.391. The van der Waals surface area contributed by atoms with Crippen LogP contribution in [0.2, 0.25) is 0 Å². The molecule has 146 valence electrons. The number of benzene rings is 2. The van der Waals surface area contributed by atoms with E-state index < -0.39 is 0 Å². The van der Waals surface area contributed by atoms with E-state index in [1.165, 1.54) is 0 Å². The number of amides is 1. The van der Waals surface area contributed by atoms with Crippen molar-refractivity contribution in [1.82, 2.24) is 9.80 Å². The second kappa shape index (κ2) is 7.49. The van der Waals surface area contributed by atoms with Gasteiger partial charge in [0.2, 0.25) is 0 Å². The van der Waals surface area contributed by atoms with Crippen molar-refractivity contribution >= 4 is 11.7 Å². The molecule has 0 spiro atoms. The standard InChI is InChI=1S/C23H26N2O3/c1-24-12-11-23(16-26)15-25(14-18(23)13-24)22(28)20-10-6-5-9-19(20)21(27)17-7-3-2-4-8-17/h2-10,18,26H,11-16H2,1H3/t18-,23+/m1/s1. The molecule has 1 N–H and O–H groups in total. The minimum Gasteiger partial charge on any atom is -0.396 e. The van der Waals surface area contributed by atoms with Gasteiger partial charge in [0.15, 0.2) is 5.78 Å². The minimum absolute atomic E-state index is 0.0971. The number of piperidine rings is 1. The lowest BCUT2D eigenvalue weighted by atomic mass is 9.73. The van der Waals surface area contributed by atoms with E-state index in [0.29, 0.717) is 29.8 Å². The topological polar surface area (TPSA) is 60.9 Å². The first-order valence-corrected chi connectivity index (χ1v) is 9.81. The third kappa shape index (κ3) is 3.25. The maximum absolute atomic E-state index is 13.4. The molecule has 4 rings (SSSR count).